The van der Waals surface area contributed by atoms with E-state index in [-0.39, 0.29) is 6.03 Å². The van der Waals surface area contributed by atoms with Crippen LogP contribution in [-0.4, -0.2) is 41.1 Å². The van der Waals surface area contributed by atoms with Gasteiger partial charge >= 0.3 is 12.0 Å². The summed E-state index contributed by atoms with van der Waals surface area (Å²) in [5.41, 5.74) is 0. The van der Waals surface area contributed by atoms with E-state index in [9.17, 15) is 9.59 Å². The highest BCUT2D eigenvalue weighted by Crippen LogP contribution is 2.02. The van der Waals surface area contributed by atoms with Crippen LogP contribution in [0, 0.1) is 0 Å². The van der Waals surface area contributed by atoms with Crippen LogP contribution in [0.3, 0.4) is 0 Å². The van der Waals surface area contributed by atoms with E-state index in [0.29, 0.717) is 19.5 Å². The summed E-state index contributed by atoms with van der Waals surface area (Å²) in [4.78, 5) is 23.9. The lowest BCUT2D eigenvalue weighted by atomic mass is 10.2. The molecule has 1 heterocycles. The summed E-state index contributed by atoms with van der Waals surface area (Å²) in [5.74, 6) is -0.988. The third-order valence-electron chi connectivity index (χ3n) is 2.35. The van der Waals surface area contributed by atoms with Crippen molar-refractivity contribution in [2.45, 2.75) is 25.8 Å². The molecule has 2 amide bonds. The van der Waals surface area contributed by atoms with Gasteiger partial charge < -0.3 is 15.3 Å². The fraction of sp³-hybridized carbons (Fsp3) is 0.600. The van der Waals surface area contributed by atoms with Gasteiger partial charge in [0.15, 0.2) is 0 Å². The zero-order valence-corrected chi connectivity index (χ0v) is 8.77. The van der Waals surface area contributed by atoms with E-state index in [4.69, 9.17) is 5.11 Å². The highest BCUT2D eigenvalue weighted by Gasteiger charge is 2.21. The Labute approximate surface area is 88.8 Å². The van der Waals surface area contributed by atoms with Gasteiger partial charge in [0.2, 0.25) is 0 Å². The van der Waals surface area contributed by atoms with E-state index in [2.05, 4.69) is 5.32 Å². The van der Waals surface area contributed by atoms with Crippen LogP contribution in [-0.2, 0) is 4.79 Å². The van der Waals surface area contributed by atoms with Gasteiger partial charge in [-0.15, -0.1) is 0 Å². The molecule has 0 unspecified atom stereocenters. The Kier molecular flexibility index (Phi) is 4.15. The molecular formula is C10H16N2O3. The fourth-order valence-electron chi connectivity index (χ4n) is 1.40. The molecule has 0 saturated heterocycles. The van der Waals surface area contributed by atoms with Gasteiger partial charge in [0.1, 0.15) is 6.04 Å². The van der Waals surface area contributed by atoms with Crippen molar-refractivity contribution < 1.29 is 14.7 Å². The molecule has 1 atom stereocenters. The second kappa shape index (κ2) is 5.38. The van der Waals surface area contributed by atoms with Crippen molar-refractivity contribution in [3.8, 4) is 0 Å². The predicted molar refractivity (Wildman–Crippen MR) is 55.6 cm³/mol. The summed E-state index contributed by atoms with van der Waals surface area (Å²) in [6.45, 7) is 2.94. The van der Waals surface area contributed by atoms with Crippen molar-refractivity contribution in [3.63, 3.8) is 0 Å². The number of hydrogen-bond acceptors (Lipinski definition) is 2. The number of carboxylic acids is 1. The lowest BCUT2D eigenvalue weighted by Crippen LogP contribution is -2.48. The van der Waals surface area contributed by atoms with Gasteiger partial charge in [-0.25, -0.2) is 9.59 Å². The molecule has 2 N–H and O–H groups in total. The summed E-state index contributed by atoms with van der Waals surface area (Å²) < 4.78 is 0. The van der Waals surface area contributed by atoms with Crippen molar-refractivity contribution in [1.82, 2.24) is 10.2 Å². The minimum absolute atomic E-state index is 0.298. The molecule has 0 fully saturated rings. The molecule has 0 spiro atoms. The molecule has 1 aliphatic rings. The molecule has 0 aromatic carbocycles. The minimum atomic E-state index is -0.988. The Morgan fingerprint density at radius 2 is 2.27 bits per heavy atom. The lowest BCUT2D eigenvalue weighted by Gasteiger charge is -2.25. The van der Waals surface area contributed by atoms with Crippen LogP contribution in [0.5, 0.6) is 0 Å². The minimum Gasteiger partial charge on any atom is -0.480 e. The molecule has 1 aliphatic heterocycles. The van der Waals surface area contributed by atoms with E-state index in [0.717, 1.165) is 6.42 Å². The molecule has 0 aromatic rings. The zero-order valence-electron chi connectivity index (χ0n) is 8.77. The number of aliphatic carboxylic acids is 1. The van der Waals surface area contributed by atoms with Gasteiger partial charge in [-0.1, -0.05) is 19.1 Å². The van der Waals surface area contributed by atoms with Crippen LogP contribution in [0.1, 0.15) is 19.8 Å². The number of amides is 2. The van der Waals surface area contributed by atoms with Crippen molar-refractivity contribution in [2.24, 2.45) is 0 Å². The maximum absolute atomic E-state index is 11.6. The van der Waals surface area contributed by atoms with Gasteiger partial charge in [0, 0.05) is 13.1 Å². The van der Waals surface area contributed by atoms with E-state index < -0.39 is 12.0 Å². The highest BCUT2D eigenvalue weighted by atomic mass is 16.4. The Balaban J connectivity index is 2.46. The monoisotopic (exact) mass is 212 g/mol. The smallest absolute Gasteiger partial charge is 0.326 e. The van der Waals surface area contributed by atoms with E-state index in [1.165, 1.54) is 0 Å². The van der Waals surface area contributed by atoms with Gasteiger partial charge in [-0.3, -0.25) is 0 Å². The molecule has 0 aliphatic carbocycles. The van der Waals surface area contributed by atoms with Gasteiger partial charge in [-0.2, -0.15) is 0 Å². The fourth-order valence-corrected chi connectivity index (χ4v) is 1.40. The third-order valence-corrected chi connectivity index (χ3v) is 2.35. The Morgan fingerprint density at radius 3 is 2.73 bits per heavy atom. The summed E-state index contributed by atoms with van der Waals surface area (Å²) in [7, 11) is 0. The van der Waals surface area contributed by atoms with Crippen molar-refractivity contribution >= 4 is 12.0 Å². The van der Waals surface area contributed by atoms with Crippen LogP contribution >= 0.6 is 0 Å². The molecular weight excluding hydrogens is 196 g/mol. The first-order chi connectivity index (χ1) is 7.15. The zero-order chi connectivity index (χ0) is 11.3. The van der Waals surface area contributed by atoms with Crippen LogP contribution in [0.4, 0.5) is 4.79 Å². The number of carbonyl (C=O) groups is 2. The quantitative estimate of drug-likeness (QED) is 0.680. The first-order valence-corrected chi connectivity index (χ1v) is 5.08. The maximum Gasteiger partial charge on any atom is 0.326 e. The van der Waals surface area contributed by atoms with E-state index in [1.807, 2.05) is 12.2 Å². The number of carboxylic acid groups (broad SMARTS) is 1. The molecule has 5 nitrogen and oxygen atoms in total. The summed E-state index contributed by atoms with van der Waals surface area (Å²) in [5, 5.41) is 11.3. The normalized spacial score (nSPS) is 17.3. The SMILES string of the molecule is CC[C@@H](NC(=O)N1CC=CCC1)C(=O)O. The topological polar surface area (TPSA) is 69.6 Å². The molecule has 0 saturated carbocycles. The number of nitrogens with one attached hydrogen (secondary N) is 1. The molecule has 0 radical (unpaired) electrons. The van der Waals surface area contributed by atoms with Crippen LogP contribution in [0.2, 0.25) is 0 Å². The molecule has 15 heavy (non-hydrogen) atoms. The second-order valence-electron chi connectivity index (χ2n) is 3.45. The van der Waals surface area contributed by atoms with Gasteiger partial charge in [-0.05, 0) is 12.8 Å². The number of urea groups is 1. The number of nitrogens with zero attached hydrogens (tertiary/aromatic N) is 1. The van der Waals surface area contributed by atoms with Crippen LogP contribution < -0.4 is 5.32 Å². The third kappa shape index (κ3) is 3.27. The van der Waals surface area contributed by atoms with E-state index >= 15 is 0 Å². The summed E-state index contributed by atoms with van der Waals surface area (Å²) in [6, 6.07) is -1.09. The van der Waals surface area contributed by atoms with Crippen molar-refractivity contribution in [3.05, 3.63) is 12.2 Å². The standard InChI is InChI=1S/C10H16N2O3/c1-2-8(9(13)14)11-10(15)12-6-4-3-5-7-12/h3-4,8H,2,5-7H2,1H3,(H,11,15)(H,13,14)/t8-/m1/s1. The largest absolute Gasteiger partial charge is 0.480 e. The Hall–Kier alpha value is -1.52. The average Bonchev–Trinajstić information content (AvgIpc) is 2.26. The highest BCUT2D eigenvalue weighted by molar-refractivity contribution is 5.82. The second-order valence-corrected chi connectivity index (χ2v) is 3.45. The number of hydrogen-bond donors (Lipinski definition) is 2. The molecule has 0 aromatic heterocycles. The molecule has 0 bridgehead atoms. The summed E-state index contributed by atoms with van der Waals surface area (Å²) in [6.07, 6.45) is 5.14. The van der Waals surface area contributed by atoms with Crippen LogP contribution in [0.25, 0.3) is 0 Å². The maximum atomic E-state index is 11.6. The summed E-state index contributed by atoms with van der Waals surface area (Å²) >= 11 is 0. The lowest BCUT2D eigenvalue weighted by molar-refractivity contribution is -0.139. The van der Waals surface area contributed by atoms with Crippen LogP contribution in [0.15, 0.2) is 12.2 Å². The van der Waals surface area contributed by atoms with Crippen molar-refractivity contribution in [2.75, 3.05) is 13.1 Å². The first-order valence-electron chi connectivity index (χ1n) is 5.08. The Morgan fingerprint density at radius 1 is 1.53 bits per heavy atom. The Bertz CT molecular complexity index is 276. The van der Waals surface area contributed by atoms with Crippen molar-refractivity contribution in [1.29, 1.82) is 0 Å². The molecule has 1 rings (SSSR count). The average molecular weight is 212 g/mol. The van der Waals surface area contributed by atoms with Gasteiger partial charge in [0.05, 0.1) is 0 Å². The van der Waals surface area contributed by atoms with Gasteiger partial charge in [0.25, 0.3) is 0 Å². The number of rotatable bonds is 3. The molecule has 5 heteroatoms. The molecule has 84 valence electrons. The number of carbonyl (C=O) groups excluding carboxylic acids is 1. The first kappa shape index (κ1) is 11.6. The van der Waals surface area contributed by atoms with E-state index in [1.54, 1.807) is 11.8 Å². The predicted octanol–water partition coefficient (Wildman–Crippen LogP) is 0.821.